The van der Waals surface area contributed by atoms with Crippen LogP contribution in [-0.4, -0.2) is 68.0 Å². The molecule has 6 rings (SSSR count). The van der Waals surface area contributed by atoms with Crippen LogP contribution in [0.5, 0.6) is 0 Å². The minimum absolute atomic E-state index is 0.0586. The summed E-state index contributed by atoms with van der Waals surface area (Å²) in [6.45, 7) is 2.47. The van der Waals surface area contributed by atoms with E-state index in [1.807, 2.05) is 35.2 Å². The zero-order valence-corrected chi connectivity index (χ0v) is 18.3. The highest BCUT2D eigenvalue weighted by Crippen LogP contribution is 2.35. The highest BCUT2D eigenvalue weighted by atomic mass is 32.2. The van der Waals surface area contributed by atoms with E-state index in [2.05, 4.69) is 5.10 Å². The summed E-state index contributed by atoms with van der Waals surface area (Å²) in [5.41, 5.74) is 1.26. The predicted molar refractivity (Wildman–Crippen MR) is 118 cm³/mol. The predicted octanol–water partition coefficient (Wildman–Crippen LogP) is 1.98. The highest BCUT2D eigenvalue weighted by molar-refractivity contribution is 7.99. The van der Waals surface area contributed by atoms with Crippen molar-refractivity contribution in [2.75, 3.05) is 32.1 Å². The molecule has 3 aliphatic rings. The molecular weight excluding hydrogens is 430 g/mol. The van der Waals surface area contributed by atoms with E-state index in [4.69, 9.17) is 14.5 Å². The molecule has 0 saturated carbocycles. The van der Waals surface area contributed by atoms with Crippen LogP contribution in [0.1, 0.15) is 25.3 Å². The average Bonchev–Trinajstić information content (AvgIpc) is 3.55. The van der Waals surface area contributed by atoms with E-state index in [1.165, 1.54) is 11.8 Å². The van der Waals surface area contributed by atoms with Gasteiger partial charge in [-0.2, -0.15) is 5.10 Å². The summed E-state index contributed by atoms with van der Waals surface area (Å²) in [5.74, 6) is 0.213. The van der Waals surface area contributed by atoms with Crippen molar-refractivity contribution in [1.82, 2.24) is 24.2 Å². The summed E-state index contributed by atoms with van der Waals surface area (Å²) in [4.78, 5) is 32.9. The van der Waals surface area contributed by atoms with Gasteiger partial charge in [0.2, 0.25) is 5.91 Å². The number of likely N-dealkylation sites (tertiary alicyclic amines) is 1. The average molecular weight is 454 g/mol. The number of para-hydroxylation sites is 1. The van der Waals surface area contributed by atoms with E-state index < -0.39 is 5.79 Å². The topological polar surface area (TPSA) is 91.5 Å². The molecule has 3 aromatic rings. The third-order valence-electron chi connectivity index (χ3n) is 6.47. The smallest absolute Gasteiger partial charge is 0.265 e. The molecule has 10 heteroatoms. The van der Waals surface area contributed by atoms with Gasteiger partial charge in [0, 0.05) is 38.1 Å². The molecule has 1 atom stereocenters. The SMILES string of the molecule is O=C(CC1CSc2nc3c(cnn3-c3ccccc3)c(=O)n21)N1CCC2(CC1)OCCO2. The van der Waals surface area contributed by atoms with Gasteiger partial charge in [-0.1, -0.05) is 30.0 Å². The zero-order valence-electron chi connectivity index (χ0n) is 17.5. The lowest BCUT2D eigenvalue weighted by Crippen LogP contribution is -2.47. The molecular formula is C22H23N5O4S. The Balaban J connectivity index is 1.23. The standard InChI is InChI=1S/C22H23N5O4S/c28-18(25-8-6-22(7-9-25)30-10-11-31-22)12-16-14-32-21-24-19-17(20(29)26(16)21)13-23-27(19)15-4-2-1-3-5-15/h1-5,13,16H,6-12,14H2. The number of amides is 1. The van der Waals surface area contributed by atoms with E-state index in [0.29, 0.717) is 61.1 Å². The number of piperidine rings is 1. The summed E-state index contributed by atoms with van der Waals surface area (Å²) < 4.78 is 14.9. The molecule has 166 valence electrons. The fourth-order valence-electron chi connectivity index (χ4n) is 4.75. The molecule has 0 bridgehead atoms. The molecule has 0 N–H and O–H groups in total. The highest BCUT2D eigenvalue weighted by Gasteiger charge is 2.41. The minimum Gasteiger partial charge on any atom is -0.347 e. The maximum atomic E-state index is 13.3. The second-order valence-electron chi connectivity index (χ2n) is 8.36. The largest absolute Gasteiger partial charge is 0.347 e. The van der Waals surface area contributed by atoms with E-state index in [0.717, 1.165) is 5.69 Å². The third-order valence-corrected chi connectivity index (χ3v) is 7.57. The first-order valence-corrected chi connectivity index (χ1v) is 11.9. The number of hydrogen-bond donors (Lipinski definition) is 0. The number of rotatable bonds is 3. The number of nitrogens with zero attached hydrogens (tertiary/aromatic N) is 5. The molecule has 0 radical (unpaired) electrons. The van der Waals surface area contributed by atoms with Crippen molar-refractivity contribution in [2.24, 2.45) is 0 Å². The molecule has 0 aliphatic carbocycles. The van der Waals surface area contributed by atoms with Crippen LogP contribution in [0.4, 0.5) is 0 Å². The summed E-state index contributed by atoms with van der Waals surface area (Å²) in [5, 5.41) is 5.50. The monoisotopic (exact) mass is 453 g/mol. The van der Waals surface area contributed by atoms with Crippen molar-refractivity contribution in [3.8, 4) is 5.69 Å². The Morgan fingerprint density at radius 3 is 2.66 bits per heavy atom. The third kappa shape index (κ3) is 3.25. The van der Waals surface area contributed by atoms with Crippen LogP contribution in [0.25, 0.3) is 16.7 Å². The van der Waals surface area contributed by atoms with Gasteiger partial charge in [0.1, 0.15) is 5.39 Å². The molecule has 2 aromatic heterocycles. The second kappa shape index (κ2) is 7.72. The van der Waals surface area contributed by atoms with Crippen LogP contribution < -0.4 is 5.56 Å². The Bertz CT molecular complexity index is 1220. The lowest BCUT2D eigenvalue weighted by atomic mass is 10.0. The molecule has 2 fully saturated rings. The summed E-state index contributed by atoms with van der Waals surface area (Å²) in [7, 11) is 0. The van der Waals surface area contributed by atoms with Gasteiger partial charge in [-0.15, -0.1) is 0 Å². The molecule has 2 saturated heterocycles. The number of fused-ring (bicyclic) bond motifs is 2. The Kier molecular flexibility index (Phi) is 4.81. The van der Waals surface area contributed by atoms with Crippen LogP contribution in [0.3, 0.4) is 0 Å². The van der Waals surface area contributed by atoms with Crippen LogP contribution in [0.2, 0.25) is 0 Å². The van der Waals surface area contributed by atoms with Crippen LogP contribution in [0, 0.1) is 0 Å². The molecule has 1 aromatic carbocycles. The number of thioether (sulfide) groups is 1. The van der Waals surface area contributed by atoms with Crippen LogP contribution in [-0.2, 0) is 14.3 Å². The van der Waals surface area contributed by atoms with E-state index in [9.17, 15) is 9.59 Å². The molecule has 1 amide bonds. The first-order chi connectivity index (χ1) is 15.6. The van der Waals surface area contributed by atoms with Crippen molar-refractivity contribution in [2.45, 2.75) is 36.2 Å². The summed E-state index contributed by atoms with van der Waals surface area (Å²) >= 11 is 1.52. The normalized spacial score (nSPS) is 22.0. The Labute approximate surface area is 188 Å². The molecule has 5 heterocycles. The van der Waals surface area contributed by atoms with Crippen LogP contribution >= 0.6 is 11.8 Å². The molecule has 9 nitrogen and oxygen atoms in total. The lowest BCUT2D eigenvalue weighted by Gasteiger charge is -2.37. The van der Waals surface area contributed by atoms with Gasteiger partial charge in [0.15, 0.2) is 16.6 Å². The molecule has 3 aliphatic heterocycles. The van der Waals surface area contributed by atoms with Gasteiger partial charge in [-0.25, -0.2) is 9.67 Å². The number of benzene rings is 1. The van der Waals surface area contributed by atoms with Gasteiger partial charge >= 0.3 is 0 Å². The van der Waals surface area contributed by atoms with Gasteiger partial charge in [-0.3, -0.25) is 14.2 Å². The number of carbonyl (C=O) groups is 1. The van der Waals surface area contributed by atoms with Crippen molar-refractivity contribution in [3.05, 3.63) is 46.9 Å². The number of carbonyl (C=O) groups excluding carboxylic acids is 1. The fourth-order valence-corrected chi connectivity index (χ4v) is 5.88. The second-order valence-corrected chi connectivity index (χ2v) is 9.34. The lowest BCUT2D eigenvalue weighted by molar-refractivity contribution is -0.187. The number of ether oxygens (including phenoxy) is 2. The molecule has 1 unspecified atom stereocenters. The first kappa shape index (κ1) is 20.0. The van der Waals surface area contributed by atoms with Crippen molar-refractivity contribution in [3.63, 3.8) is 0 Å². The van der Waals surface area contributed by atoms with Gasteiger partial charge in [-0.05, 0) is 12.1 Å². The molecule has 32 heavy (non-hydrogen) atoms. The van der Waals surface area contributed by atoms with Crippen molar-refractivity contribution >= 4 is 28.7 Å². The number of aromatic nitrogens is 4. The summed E-state index contributed by atoms with van der Waals surface area (Å²) in [6, 6.07) is 9.43. The molecule has 1 spiro atoms. The van der Waals surface area contributed by atoms with Crippen molar-refractivity contribution < 1.29 is 14.3 Å². The van der Waals surface area contributed by atoms with Gasteiger partial charge < -0.3 is 14.4 Å². The van der Waals surface area contributed by atoms with Crippen LogP contribution in [0.15, 0.2) is 46.5 Å². The van der Waals surface area contributed by atoms with Gasteiger partial charge in [0.25, 0.3) is 5.56 Å². The summed E-state index contributed by atoms with van der Waals surface area (Å²) in [6.07, 6.45) is 3.23. The maximum absolute atomic E-state index is 13.3. The Morgan fingerprint density at radius 2 is 1.91 bits per heavy atom. The maximum Gasteiger partial charge on any atom is 0.265 e. The minimum atomic E-state index is -0.502. The first-order valence-electron chi connectivity index (χ1n) is 10.9. The Hall–Kier alpha value is -2.69. The van der Waals surface area contributed by atoms with Gasteiger partial charge in [0.05, 0.1) is 31.1 Å². The van der Waals surface area contributed by atoms with E-state index >= 15 is 0 Å². The van der Waals surface area contributed by atoms with Crippen molar-refractivity contribution in [1.29, 1.82) is 0 Å². The van der Waals surface area contributed by atoms with E-state index in [-0.39, 0.29) is 23.9 Å². The Morgan fingerprint density at radius 1 is 1.16 bits per heavy atom. The van der Waals surface area contributed by atoms with E-state index in [1.54, 1.807) is 15.4 Å². The number of hydrogen-bond acceptors (Lipinski definition) is 7. The quantitative estimate of drug-likeness (QED) is 0.560. The zero-order chi connectivity index (χ0) is 21.7. The fraction of sp³-hybridized carbons (Fsp3) is 0.455.